The van der Waals surface area contributed by atoms with E-state index < -0.39 is 11.7 Å². The summed E-state index contributed by atoms with van der Waals surface area (Å²) in [6.45, 7) is 6.26. The van der Waals surface area contributed by atoms with Crippen LogP contribution >= 0.6 is 0 Å². The molecule has 0 aliphatic heterocycles. The van der Waals surface area contributed by atoms with Gasteiger partial charge in [-0.05, 0) is 45.6 Å². The van der Waals surface area contributed by atoms with Crippen LogP contribution in [0.25, 0.3) is 0 Å². The monoisotopic (exact) mass is 375 g/mol. The Morgan fingerprint density at radius 3 is 2.37 bits per heavy atom. The third-order valence-electron chi connectivity index (χ3n) is 4.75. The molecule has 6 heteroatoms. The molecule has 1 aromatic carbocycles. The van der Waals surface area contributed by atoms with Gasteiger partial charge in [0.2, 0.25) is 5.91 Å². The fourth-order valence-electron chi connectivity index (χ4n) is 3.47. The van der Waals surface area contributed by atoms with Crippen LogP contribution in [0.1, 0.15) is 45.6 Å². The molecular formula is C21H33N3O3. The van der Waals surface area contributed by atoms with Crippen molar-refractivity contribution in [2.45, 2.75) is 64.3 Å². The van der Waals surface area contributed by atoms with Crippen LogP contribution in [0, 0.1) is 5.92 Å². The molecule has 1 aliphatic carbocycles. The highest BCUT2D eigenvalue weighted by molar-refractivity contribution is 5.78. The number of nitrogens with zero attached hydrogens (tertiary/aromatic N) is 1. The van der Waals surface area contributed by atoms with Crippen LogP contribution in [-0.4, -0.2) is 48.7 Å². The molecular weight excluding hydrogens is 342 g/mol. The standard InChI is InChI=1S/C21H33N3O3/c1-21(2,3)27-20(26)23-18-13-16(19(25)24(4)5)11-12-17(18)22-14-15-9-7-6-8-10-15/h6-10,16-18,22H,11-14H2,1-5H3,(H,23,26)/t16-,17-,18+/m0/s1. The first-order chi connectivity index (χ1) is 12.7. The summed E-state index contributed by atoms with van der Waals surface area (Å²) in [5.74, 6) is 0.0437. The summed E-state index contributed by atoms with van der Waals surface area (Å²) in [4.78, 5) is 26.3. The molecule has 0 radical (unpaired) electrons. The van der Waals surface area contributed by atoms with E-state index in [2.05, 4.69) is 22.8 Å². The Morgan fingerprint density at radius 1 is 1.11 bits per heavy atom. The van der Waals surface area contributed by atoms with Crippen LogP contribution < -0.4 is 10.6 Å². The number of rotatable bonds is 5. The summed E-state index contributed by atoms with van der Waals surface area (Å²) in [7, 11) is 3.55. The van der Waals surface area contributed by atoms with Gasteiger partial charge in [-0.2, -0.15) is 0 Å². The highest BCUT2D eigenvalue weighted by Crippen LogP contribution is 2.27. The highest BCUT2D eigenvalue weighted by atomic mass is 16.6. The second-order valence-electron chi connectivity index (χ2n) is 8.47. The molecule has 0 heterocycles. The maximum absolute atomic E-state index is 12.4. The maximum atomic E-state index is 12.4. The molecule has 1 aliphatic rings. The van der Waals surface area contributed by atoms with E-state index in [1.165, 1.54) is 5.56 Å². The summed E-state index contributed by atoms with van der Waals surface area (Å²) < 4.78 is 5.42. The Labute approximate surface area is 162 Å². The summed E-state index contributed by atoms with van der Waals surface area (Å²) in [5.41, 5.74) is 0.643. The number of hydrogen-bond donors (Lipinski definition) is 2. The topological polar surface area (TPSA) is 70.7 Å². The largest absolute Gasteiger partial charge is 0.444 e. The predicted octanol–water partition coefficient (Wildman–Crippen LogP) is 2.93. The Hall–Kier alpha value is -2.08. The Bertz CT molecular complexity index is 625. The predicted molar refractivity (Wildman–Crippen MR) is 106 cm³/mol. The third kappa shape index (κ3) is 6.86. The smallest absolute Gasteiger partial charge is 0.407 e. The molecule has 1 aromatic rings. The second kappa shape index (κ2) is 9.22. The van der Waals surface area contributed by atoms with Crippen molar-refractivity contribution >= 4 is 12.0 Å². The Balaban J connectivity index is 2.03. The fraction of sp³-hybridized carbons (Fsp3) is 0.619. The molecule has 0 aromatic heterocycles. The van der Waals surface area contributed by atoms with Crippen molar-refractivity contribution in [1.29, 1.82) is 0 Å². The van der Waals surface area contributed by atoms with Crippen molar-refractivity contribution in [3.8, 4) is 0 Å². The normalized spacial score (nSPS) is 22.8. The van der Waals surface area contributed by atoms with Crippen molar-refractivity contribution in [3.05, 3.63) is 35.9 Å². The van der Waals surface area contributed by atoms with Gasteiger partial charge >= 0.3 is 6.09 Å². The number of hydrogen-bond acceptors (Lipinski definition) is 4. The lowest BCUT2D eigenvalue weighted by Gasteiger charge is -2.37. The summed E-state index contributed by atoms with van der Waals surface area (Å²) in [6, 6.07) is 10.1. The van der Waals surface area contributed by atoms with Gasteiger partial charge in [0.15, 0.2) is 0 Å². The lowest BCUT2D eigenvalue weighted by molar-refractivity contribution is -0.134. The molecule has 0 bridgehead atoms. The maximum Gasteiger partial charge on any atom is 0.407 e. The molecule has 1 saturated carbocycles. The first-order valence-corrected chi connectivity index (χ1v) is 9.63. The van der Waals surface area contributed by atoms with E-state index in [1.54, 1.807) is 19.0 Å². The number of benzene rings is 1. The van der Waals surface area contributed by atoms with E-state index >= 15 is 0 Å². The number of carbonyl (C=O) groups is 2. The van der Waals surface area contributed by atoms with E-state index in [0.717, 1.165) is 19.4 Å². The van der Waals surface area contributed by atoms with Crippen LogP contribution in [0.3, 0.4) is 0 Å². The molecule has 3 atom stereocenters. The fourth-order valence-corrected chi connectivity index (χ4v) is 3.47. The molecule has 2 amide bonds. The summed E-state index contributed by atoms with van der Waals surface area (Å²) in [5, 5.41) is 6.54. The zero-order valence-electron chi connectivity index (χ0n) is 17.1. The molecule has 6 nitrogen and oxygen atoms in total. The average Bonchev–Trinajstić information content (AvgIpc) is 2.59. The van der Waals surface area contributed by atoms with Crippen LogP contribution in [0.2, 0.25) is 0 Å². The van der Waals surface area contributed by atoms with Gasteiger partial charge in [0.1, 0.15) is 5.60 Å². The van der Waals surface area contributed by atoms with Gasteiger partial charge in [-0.1, -0.05) is 30.3 Å². The van der Waals surface area contributed by atoms with Crippen LogP contribution in [-0.2, 0) is 16.1 Å². The van der Waals surface area contributed by atoms with E-state index in [9.17, 15) is 9.59 Å². The molecule has 150 valence electrons. The number of ether oxygens (including phenoxy) is 1. The SMILES string of the molecule is CN(C)C(=O)[C@H]1CC[C@H](NCc2ccccc2)[C@H](NC(=O)OC(C)(C)C)C1. The first-order valence-electron chi connectivity index (χ1n) is 9.63. The molecule has 0 unspecified atom stereocenters. The zero-order chi connectivity index (χ0) is 20.0. The minimum absolute atomic E-state index is 0.0743. The van der Waals surface area contributed by atoms with Crippen molar-refractivity contribution in [3.63, 3.8) is 0 Å². The lowest BCUT2D eigenvalue weighted by atomic mass is 9.81. The van der Waals surface area contributed by atoms with Crippen molar-refractivity contribution in [1.82, 2.24) is 15.5 Å². The average molecular weight is 376 g/mol. The van der Waals surface area contributed by atoms with Gasteiger partial charge in [-0.25, -0.2) is 4.79 Å². The summed E-state index contributed by atoms with van der Waals surface area (Å²) in [6.07, 6.45) is 1.83. The van der Waals surface area contributed by atoms with Gasteiger partial charge < -0.3 is 20.3 Å². The molecule has 0 spiro atoms. The minimum atomic E-state index is -0.551. The minimum Gasteiger partial charge on any atom is -0.444 e. The van der Waals surface area contributed by atoms with Gasteiger partial charge in [-0.3, -0.25) is 4.79 Å². The van der Waals surface area contributed by atoms with E-state index in [0.29, 0.717) is 6.42 Å². The van der Waals surface area contributed by atoms with Crippen molar-refractivity contribution in [2.75, 3.05) is 14.1 Å². The highest BCUT2D eigenvalue weighted by Gasteiger charge is 2.36. The first kappa shape index (κ1) is 21.2. The third-order valence-corrected chi connectivity index (χ3v) is 4.75. The van der Waals surface area contributed by atoms with E-state index in [4.69, 9.17) is 4.74 Å². The molecule has 2 N–H and O–H groups in total. The Morgan fingerprint density at radius 2 is 1.78 bits per heavy atom. The van der Waals surface area contributed by atoms with E-state index in [1.807, 2.05) is 39.0 Å². The number of amides is 2. The number of alkyl carbamates (subject to hydrolysis) is 1. The summed E-state index contributed by atoms with van der Waals surface area (Å²) >= 11 is 0. The van der Waals surface area contributed by atoms with Gasteiger partial charge in [-0.15, -0.1) is 0 Å². The zero-order valence-corrected chi connectivity index (χ0v) is 17.1. The van der Waals surface area contributed by atoms with Crippen LogP contribution in [0.15, 0.2) is 30.3 Å². The molecule has 2 rings (SSSR count). The second-order valence-corrected chi connectivity index (χ2v) is 8.47. The molecule has 27 heavy (non-hydrogen) atoms. The van der Waals surface area contributed by atoms with Crippen LogP contribution in [0.5, 0.6) is 0 Å². The number of nitrogens with one attached hydrogen (secondary N) is 2. The van der Waals surface area contributed by atoms with Gasteiger partial charge in [0.25, 0.3) is 0 Å². The van der Waals surface area contributed by atoms with Crippen LogP contribution in [0.4, 0.5) is 4.79 Å². The van der Waals surface area contributed by atoms with Gasteiger partial charge in [0, 0.05) is 38.6 Å². The molecule has 0 saturated heterocycles. The quantitative estimate of drug-likeness (QED) is 0.830. The van der Waals surface area contributed by atoms with Gasteiger partial charge in [0.05, 0.1) is 0 Å². The lowest BCUT2D eigenvalue weighted by Crippen LogP contribution is -2.55. The molecule has 1 fully saturated rings. The number of carbonyl (C=O) groups excluding carboxylic acids is 2. The Kier molecular flexibility index (Phi) is 7.25. The van der Waals surface area contributed by atoms with E-state index in [-0.39, 0.29) is 23.9 Å². The van der Waals surface area contributed by atoms with Crippen molar-refractivity contribution < 1.29 is 14.3 Å². The van der Waals surface area contributed by atoms with Crippen molar-refractivity contribution in [2.24, 2.45) is 5.92 Å².